The van der Waals surface area contributed by atoms with Gasteiger partial charge in [0.2, 0.25) is 0 Å². The molecule has 3 heteroatoms. The number of aromatic nitrogens is 1. The Morgan fingerprint density at radius 1 is 1.32 bits per heavy atom. The molecule has 1 aromatic rings. The number of pyridine rings is 1. The summed E-state index contributed by atoms with van der Waals surface area (Å²) in [5.74, 6) is 0.675. The fraction of sp³-hybridized carbons (Fsp3) is 0.688. The van der Waals surface area contributed by atoms with E-state index in [1.165, 1.54) is 18.4 Å². The maximum atomic E-state index is 6.43. The molecule has 2 atom stereocenters. The zero-order valence-electron chi connectivity index (χ0n) is 12.4. The van der Waals surface area contributed by atoms with Crippen LogP contribution < -0.4 is 5.73 Å². The molecule has 0 aromatic carbocycles. The van der Waals surface area contributed by atoms with Crippen molar-refractivity contribution in [2.75, 3.05) is 6.54 Å². The van der Waals surface area contributed by atoms with Gasteiger partial charge >= 0.3 is 0 Å². The van der Waals surface area contributed by atoms with Crippen molar-refractivity contribution in [1.82, 2.24) is 9.88 Å². The van der Waals surface area contributed by atoms with E-state index in [1.54, 1.807) is 0 Å². The quantitative estimate of drug-likeness (QED) is 0.820. The zero-order valence-corrected chi connectivity index (χ0v) is 12.4. The lowest BCUT2D eigenvalue weighted by molar-refractivity contribution is 0.141. The van der Waals surface area contributed by atoms with Crippen molar-refractivity contribution in [3.8, 4) is 0 Å². The van der Waals surface area contributed by atoms with Crippen LogP contribution in [0.3, 0.4) is 0 Å². The van der Waals surface area contributed by atoms with Crippen molar-refractivity contribution in [1.29, 1.82) is 0 Å². The van der Waals surface area contributed by atoms with Crippen LogP contribution in [-0.2, 0) is 0 Å². The topological polar surface area (TPSA) is 42.1 Å². The molecule has 0 amide bonds. The molecular weight excluding hydrogens is 234 g/mol. The van der Waals surface area contributed by atoms with Gasteiger partial charge in [-0.25, -0.2) is 0 Å². The second kappa shape index (κ2) is 6.49. The first-order valence-electron chi connectivity index (χ1n) is 7.54. The maximum absolute atomic E-state index is 6.43. The van der Waals surface area contributed by atoms with Gasteiger partial charge in [0.05, 0.1) is 6.04 Å². The first kappa shape index (κ1) is 14.5. The van der Waals surface area contributed by atoms with Crippen LogP contribution in [0.1, 0.15) is 51.6 Å². The normalized spacial score (nSPS) is 18.8. The van der Waals surface area contributed by atoms with Gasteiger partial charge in [-0.1, -0.05) is 20.8 Å². The molecule has 1 aromatic heterocycles. The Morgan fingerprint density at radius 2 is 1.95 bits per heavy atom. The minimum atomic E-state index is 0.196. The van der Waals surface area contributed by atoms with Gasteiger partial charge in [-0.05, 0) is 42.9 Å². The number of hydrogen-bond donors (Lipinski definition) is 1. The lowest BCUT2D eigenvalue weighted by atomic mass is 9.96. The van der Waals surface area contributed by atoms with Gasteiger partial charge in [0.15, 0.2) is 0 Å². The van der Waals surface area contributed by atoms with Crippen molar-refractivity contribution in [2.24, 2.45) is 11.7 Å². The Balaban J connectivity index is 2.24. The minimum absolute atomic E-state index is 0.196. The third-order valence-corrected chi connectivity index (χ3v) is 3.87. The van der Waals surface area contributed by atoms with Crippen molar-refractivity contribution >= 4 is 0 Å². The molecule has 1 heterocycles. The fourth-order valence-electron chi connectivity index (χ4n) is 2.79. The van der Waals surface area contributed by atoms with Gasteiger partial charge in [-0.15, -0.1) is 0 Å². The summed E-state index contributed by atoms with van der Waals surface area (Å²) in [6, 6.07) is 5.51. The lowest BCUT2D eigenvalue weighted by Crippen LogP contribution is -2.43. The Hall–Kier alpha value is -0.930. The molecule has 2 N–H and O–H groups in total. The molecule has 1 fully saturated rings. The second-order valence-corrected chi connectivity index (χ2v) is 6.12. The summed E-state index contributed by atoms with van der Waals surface area (Å²) < 4.78 is 0. The van der Waals surface area contributed by atoms with Crippen molar-refractivity contribution in [2.45, 2.75) is 58.2 Å². The summed E-state index contributed by atoms with van der Waals surface area (Å²) >= 11 is 0. The molecule has 0 aliphatic heterocycles. The minimum Gasteiger partial charge on any atom is -0.326 e. The molecule has 19 heavy (non-hydrogen) atoms. The summed E-state index contributed by atoms with van der Waals surface area (Å²) in [7, 11) is 0. The zero-order chi connectivity index (χ0) is 13.8. The van der Waals surface area contributed by atoms with E-state index in [0.717, 1.165) is 19.0 Å². The van der Waals surface area contributed by atoms with E-state index in [2.05, 4.69) is 42.8 Å². The molecule has 106 valence electrons. The van der Waals surface area contributed by atoms with Gasteiger partial charge in [-0.2, -0.15) is 0 Å². The predicted octanol–water partition coefficient (Wildman–Crippen LogP) is 2.98. The highest BCUT2D eigenvalue weighted by Gasteiger charge is 2.36. The molecule has 1 aliphatic rings. The van der Waals surface area contributed by atoms with Crippen LogP contribution in [0.2, 0.25) is 0 Å². The van der Waals surface area contributed by atoms with E-state index in [9.17, 15) is 0 Å². The monoisotopic (exact) mass is 261 g/mol. The highest BCUT2D eigenvalue weighted by molar-refractivity contribution is 5.18. The van der Waals surface area contributed by atoms with Crippen LogP contribution in [0, 0.1) is 5.92 Å². The standard InChI is InChI=1S/C16H27N3/c1-4-15(17)16(13-7-9-18-10-8-13)19(11-12(2)3)14-5-6-14/h7-10,12,14-16H,4-6,11,17H2,1-3H3. The molecular formula is C16H27N3. The van der Waals surface area contributed by atoms with E-state index in [-0.39, 0.29) is 6.04 Å². The van der Waals surface area contributed by atoms with E-state index >= 15 is 0 Å². The summed E-state index contributed by atoms with van der Waals surface area (Å²) in [6.45, 7) is 7.89. The molecule has 3 nitrogen and oxygen atoms in total. The lowest BCUT2D eigenvalue weighted by Gasteiger charge is -2.37. The Kier molecular flexibility index (Phi) is 4.94. The largest absolute Gasteiger partial charge is 0.326 e. The summed E-state index contributed by atoms with van der Waals surface area (Å²) in [6.07, 6.45) is 7.42. The summed E-state index contributed by atoms with van der Waals surface area (Å²) in [5, 5.41) is 0. The van der Waals surface area contributed by atoms with Crippen molar-refractivity contribution < 1.29 is 0 Å². The summed E-state index contributed by atoms with van der Waals surface area (Å²) in [4.78, 5) is 6.77. The first-order chi connectivity index (χ1) is 9.13. The van der Waals surface area contributed by atoms with Crippen LogP contribution in [-0.4, -0.2) is 28.5 Å². The van der Waals surface area contributed by atoms with Gasteiger partial charge in [-0.3, -0.25) is 9.88 Å². The Labute approximate surface area is 117 Å². The number of nitrogens with zero attached hydrogens (tertiary/aromatic N) is 2. The molecule has 2 unspecified atom stereocenters. The molecule has 0 bridgehead atoms. The molecule has 1 aliphatic carbocycles. The number of hydrogen-bond acceptors (Lipinski definition) is 3. The van der Waals surface area contributed by atoms with Gasteiger partial charge in [0.25, 0.3) is 0 Å². The first-order valence-corrected chi connectivity index (χ1v) is 7.54. The second-order valence-electron chi connectivity index (χ2n) is 6.12. The van der Waals surface area contributed by atoms with E-state index in [1.807, 2.05) is 12.4 Å². The highest BCUT2D eigenvalue weighted by Crippen LogP contribution is 2.36. The smallest absolute Gasteiger partial charge is 0.0503 e. The van der Waals surface area contributed by atoms with Crippen LogP contribution in [0.15, 0.2) is 24.5 Å². The van der Waals surface area contributed by atoms with Gasteiger partial charge in [0, 0.05) is 31.0 Å². The van der Waals surface area contributed by atoms with Gasteiger partial charge in [0.1, 0.15) is 0 Å². The molecule has 0 saturated heterocycles. The molecule has 2 rings (SSSR count). The van der Waals surface area contributed by atoms with Crippen LogP contribution >= 0.6 is 0 Å². The average molecular weight is 261 g/mol. The molecule has 1 saturated carbocycles. The van der Waals surface area contributed by atoms with E-state index in [4.69, 9.17) is 5.73 Å². The van der Waals surface area contributed by atoms with Crippen LogP contribution in [0.5, 0.6) is 0 Å². The summed E-state index contributed by atoms with van der Waals surface area (Å²) in [5.41, 5.74) is 7.75. The van der Waals surface area contributed by atoms with Gasteiger partial charge < -0.3 is 5.73 Å². The SMILES string of the molecule is CCC(N)C(c1ccncc1)N(CC(C)C)C1CC1. The van der Waals surface area contributed by atoms with Crippen molar-refractivity contribution in [3.63, 3.8) is 0 Å². The van der Waals surface area contributed by atoms with Crippen LogP contribution in [0.4, 0.5) is 0 Å². The Morgan fingerprint density at radius 3 is 2.42 bits per heavy atom. The maximum Gasteiger partial charge on any atom is 0.0503 e. The highest BCUT2D eigenvalue weighted by atomic mass is 15.2. The van der Waals surface area contributed by atoms with Crippen LogP contribution in [0.25, 0.3) is 0 Å². The fourth-order valence-corrected chi connectivity index (χ4v) is 2.79. The molecule has 0 radical (unpaired) electrons. The van der Waals surface area contributed by atoms with E-state index in [0.29, 0.717) is 12.0 Å². The molecule has 0 spiro atoms. The number of nitrogens with two attached hydrogens (primary N) is 1. The third kappa shape index (κ3) is 3.77. The number of rotatable bonds is 7. The Bertz CT molecular complexity index is 373. The predicted molar refractivity (Wildman–Crippen MR) is 79.8 cm³/mol. The van der Waals surface area contributed by atoms with E-state index < -0.39 is 0 Å². The van der Waals surface area contributed by atoms with Crippen molar-refractivity contribution in [3.05, 3.63) is 30.1 Å². The third-order valence-electron chi connectivity index (χ3n) is 3.87. The average Bonchev–Trinajstić information content (AvgIpc) is 3.22.